The van der Waals surface area contributed by atoms with Gasteiger partial charge in [0.05, 0.1) is 6.10 Å². The van der Waals surface area contributed by atoms with E-state index in [1.807, 2.05) is 4.90 Å². The Morgan fingerprint density at radius 1 is 1.56 bits per heavy atom. The van der Waals surface area contributed by atoms with Gasteiger partial charge in [-0.25, -0.2) is 14.8 Å². The summed E-state index contributed by atoms with van der Waals surface area (Å²) in [5.74, 6) is 0.121. The fourth-order valence-corrected chi connectivity index (χ4v) is 2.19. The molecule has 1 aromatic heterocycles. The number of anilines is 1. The van der Waals surface area contributed by atoms with E-state index < -0.39 is 5.97 Å². The third-order valence-corrected chi connectivity index (χ3v) is 3.39. The van der Waals surface area contributed by atoms with E-state index >= 15 is 0 Å². The molecule has 0 unspecified atom stereocenters. The predicted octanol–water partition coefficient (Wildman–Crippen LogP) is 1.04. The summed E-state index contributed by atoms with van der Waals surface area (Å²) in [6.07, 6.45) is 2.45. The van der Waals surface area contributed by atoms with Crippen molar-refractivity contribution in [1.82, 2.24) is 9.97 Å². The second-order valence-electron chi connectivity index (χ2n) is 4.55. The molecule has 0 spiro atoms. The van der Waals surface area contributed by atoms with E-state index in [1.54, 1.807) is 7.11 Å². The number of piperidine rings is 1. The van der Waals surface area contributed by atoms with Crippen LogP contribution in [0.5, 0.6) is 0 Å². The van der Waals surface area contributed by atoms with E-state index in [0.29, 0.717) is 11.7 Å². The lowest BCUT2D eigenvalue weighted by Gasteiger charge is -2.36. The fraction of sp³-hybridized carbons (Fsp3) is 0.583. The van der Waals surface area contributed by atoms with Crippen LogP contribution in [-0.4, -0.2) is 47.3 Å². The van der Waals surface area contributed by atoms with Gasteiger partial charge in [0.2, 0.25) is 0 Å². The van der Waals surface area contributed by atoms with Crippen molar-refractivity contribution in [3.05, 3.63) is 18.1 Å². The van der Waals surface area contributed by atoms with Crippen LogP contribution in [-0.2, 0) is 4.74 Å². The summed E-state index contributed by atoms with van der Waals surface area (Å²) in [4.78, 5) is 20.8. The van der Waals surface area contributed by atoms with Gasteiger partial charge in [0.25, 0.3) is 0 Å². The summed E-state index contributed by atoms with van der Waals surface area (Å²) in [7, 11) is 1.70. The van der Waals surface area contributed by atoms with E-state index in [-0.39, 0.29) is 11.8 Å². The number of aromatic nitrogens is 2. The van der Waals surface area contributed by atoms with Crippen LogP contribution in [0, 0.1) is 5.92 Å². The maximum atomic E-state index is 10.9. The predicted molar refractivity (Wildman–Crippen MR) is 65.8 cm³/mol. The van der Waals surface area contributed by atoms with Crippen LogP contribution in [0.25, 0.3) is 0 Å². The van der Waals surface area contributed by atoms with Crippen LogP contribution in [0.15, 0.2) is 12.4 Å². The van der Waals surface area contributed by atoms with Gasteiger partial charge in [-0.3, -0.25) is 0 Å². The molecule has 1 aromatic rings. The maximum absolute atomic E-state index is 10.9. The summed E-state index contributed by atoms with van der Waals surface area (Å²) in [5.41, 5.74) is 0.0209. The third kappa shape index (κ3) is 2.59. The topological polar surface area (TPSA) is 75.5 Å². The summed E-state index contributed by atoms with van der Waals surface area (Å²) < 4.78 is 5.43. The van der Waals surface area contributed by atoms with Gasteiger partial charge in [0.15, 0.2) is 5.69 Å². The largest absolute Gasteiger partial charge is 0.477 e. The number of carboxylic acids is 1. The zero-order valence-corrected chi connectivity index (χ0v) is 10.5. The van der Waals surface area contributed by atoms with Gasteiger partial charge in [-0.15, -0.1) is 0 Å². The number of hydrogen-bond donors (Lipinski definition) is 1. The molecular weight excluding hydrogens is 234 g/mol. The van der Waals surface area contributed by atoms with Crippen molar-refractivity contribution in [1.29, 1.82) is 0 Å². The molecule has 18 heavy (non-hydrogen) atoms. The molecular formula is C12H17N3O3. The second kappa shape index (κ2) is 5.30. The van der Waals surface area contributed by atoms with Crippen LogP contribution >= 0.6 is 0 Å². The number of hydrogen-bond acceptors (Lipinski definition) is 5. The highest BCUT2D eigenvalue weighted by molar-refractivity contribution is 5.86. The van der Waals surface area contributed by atoms with E-state index in [0.717, 1.165) is 19.5 Å². The van der Waals surface area contributed by atoms with Crippen molar-refractivity contribution < 1.29 is 14.6 Å². The monoisotopic (exact) mass is 251 g/mol. The van der Waals surface area contributed by atoms with E-state index in [2.05, 4.69) is 16.9 Å². The first-order chi connectivity index (χ1) is 8.61. The molecule has 1 aliphatic rings. The number of carboxylic acid groups (broad SMARTS) is 1. The average molecular weight is 251 g/mol. The van der Waals surface area contributed by atoms with Crippen LogP contribution in [0.4, 0.5) is 5.82 Å². The summed E-state index contributed by atoms with van der Waals surface area (Å²) in [6, 6.07) is 1.50. The first-order valence-corrected chi connectivity index (χ1v) is 5.95. The Kier molecular flexibility index (Phi) is 3.76. The fourth-order valence-electron chi connectivity index (χ4n) is 2.19. The van der Waals surface area contributed by atoms with Gasteiger partial charge in [-0.2, -0.15) is 0 Å². The molecule has 6 heteroatoms. The van der Waals surface area contributed by atoms with E-state index in [4.69, 9.17) is 9.84 Å². The second-order valence-corrected chi connectivity index (χ2v) is 4.55. The number of rotatable bonds is 3. The van der Waals surface area contributed by atoms with Crippen molar-refractivity contribution in [2.24, 2.45) is 5.92 Å². The molecule has 6 nitrogen and oxygen atoms in total. The molecule has 0 aliphatic carbocycles. The van der Waals surface area contributed by atoms with Crippen LogP contribution in [0.3, 0.4) is 0 Å². The van der Waals surface area contributed by atoms with Gasteiger partial charge < -0.3 is 14.7 Å². The number of methoxy groups -OCH3 is 1. The van der Waals surface area contributed by atoms with Crippen LogP contribution in [0.2, 0.25) is 0 Å². The van der Waals surface area contributed by atoms with Crippen molar-refractivity contribution in [2.75, 3.05) is 25.1 Å². The minimum atomic E-state index is -1.03. The number of aromatic carboxylic acids is 1. The summed E-state index contributed by atoms with van der Waals surface area (Å²) in [6.45, 7) is 3.75. The van der Waals surface area contributed by atoms with E-state index in [1.165, 1.54) is 12.4 Å². The third-order valence-electron chi connectivity index (χ3n) is 3.39. The quantitative estimate of drug-likeness (QED) is 0.865. The maximum Gasteiger partial charge on any atom is 0.354 e. The van der Waals surface area contributed by atoms with Crippen molar-refractivity contribution in [3.63, 3.8) is 0 Å². The van der Waals surface area contributed by atoms with Crippen molar-refractivity contribution >= 4 is 11.8 Å². The summed E-state index contributed by atoms with van der Waals surface area (Å²) in [5, 5.41) is 8.91. The lowest BCUT2D eigenvalue weighted by Crippen LogP contribution is -2.44. The normalized spacial score (nSPS) is 24.0. The summed E-state index contributed by atoms with van der Waals surface area (Å²) >= 11 is 0. The van der Waals surface area contributed by atoms with Crippen molar-refractivity contribution in [2.45, 2.75) is 19.4 Å². The molecule has 1 fully saturated rings. The molecule has 0 amide bonds. The molecule has 1 saturated heterocycles. The Bertz CT molecular complexity index is 438. The minimum absolute atomic E-state index is 0.0209. The molecule has 2 heterocycles. The Morgan fingerprint density at radius 2 is 2.33 bits per heavy atom. The van der Waals surface area contributed by atoms with Crippen LogP contribution < -0.4 is 4.90 Å². The van der Waals surface area contributed by atoms with Gasteiger partial charge in [-0.05, 0) is 12.3 Å². The Morgan fingerprint density at radius 3 is 3.00 bits per heavy atom. The van der Waals surface area contributed by atoms with Gasteiger partial charge >= 0.3 is 5.97 Å². The minimum Gasteiger partial charge on any atom is -0.477 e. The average Bonchev–Trinajstić information content (AvgIpc) is 2.39. The smallest absolute Gasteiger partial charge is 0.354 e. The highest BCUT2D eigenvalue weighted by Gasteiger charge is 2.27. The number of nitrogens with zero attached hydrogens (tertiary/aromatic N) is 3. The Hall–Kier alpha value is -1.69. The SMILES string of the molecule is CO[C@H]1CN(c2cc(C(=O)O)ncn2)CC[C@H]1C. The molecule has 0 bridgehead atoms. The zero-order chi connectivity index (χ0) is 13.1. The Balaban J connectivity index is 2.16. The molecule has 2 atom stereocenters. The lowest BCUT2D eigenvalue weighted by molar-refractivity contribution is 0.0496. The molecule has 98 valence electrons. The standard InChI is InChI=1S/C12H17N3O3/c1-8-3-4-15(6-10(8)18-2)11-5-9(12(16)17)13-7-14-11/h5,7-8,10H,3-4,6H2,1-2H3,(H,16,17)/t8-,10+/m1/s1. The van der Waals surface area contributed by atoms with Crippen LogP contribution in [0.1, 0.15) is 23.8 Å². The molecule has 0 saturated carbocycles. The molecule has 1 aliphatic heterocycles. The lowest BCUT2D eigenvalue weighted by atomic mass is 9.96. The van der Waals surface area contributed by atoms with Gasteiger partial charge in [0.1, 0.15) is 12.1 Å². The van der Waals surface area contributed by atoms with Gasteiger partial charge in [-0.1, -0.05) is 6.92 Å². The first kappa shape index (κ1) is 12.8. The zero-order valence-electron chi connectivity index (χ0n) is 10.5. The number of carbonyl (C=O) groups is 1. The highest BCUT2D eigenvalue weighted by atomic mass is 16.5. The van der Waals surface area contributed by atoms with E-state index in [9.17, 15) is 4.79 Å². The van der Waals surface area contributed by atoms with Gasteiger partial charge in [0, 0.05) is 26.3 Å². The first-order valence-electron chi connectivity index (χ1n) is 5.95. The molecule has 0 aromatic carbocycles. The Labute approximate surface area is 106 Å². The van der Waals surface area contributed by atoms with Crippen molar-refractivity contribution in [3.8, 4) is 0 Å². The highest BCUT2D eigenvalue weighted by Crippen LogP contribution is 2.23. The molecule has 2 rings (SSSR count). The number of ether oxygens (including phenoxy) is 1. The molecule has 0 radical (unpaired) electrons. The molecule has 1 N–H and O–H groups in total.